The maximum absolute atomic E-state index is 12.1. The molecule has 0 amide bonds. The highest BCUT2D eigenvalue weighted by atomic mass is 32.2. The van der Waals surface area contributed by atoms with Crippen LogP contribution in [0.3, 0.4) is 0 Å². The molecule has 1 aromatic carbocycles. The van der Waals surface area contributed by atoms with Gasteiger partial charge in [-0.25, -0.2) is 13.1 Å². The van der Waals surface area contributed by atoms with E-state index in [9.17, 15) is 13.5 Å². The van der Waals surface area contributed by atoms with Gasteiger partial charge in [-0.2, -0.15) is 0 Å². The van der Waals surface area contributed by atoms with Gasteiger partial charge in [0.15, 0.2) is 0 Å². The van der Waals surface area contributed by atoms with Gasteiger partial charge < -0.3 is 9.84 Å². The van der Waals surface area contributed by atoms with Crippen molar-refractivity contribution in [3.05, 3.63) is 29.8 Å². The fourth-order valence-corrected chi connectivity index (χ4v) is 3.53. The number of aliphatic hydroxyl groups excluding tert-OH is 1. The van der Waals surface area contributed by atoms with Gasteiger partial charge in [-0.3, -0.25) is 0 Å². The number of hydrogen-bond acceptors (Lipinski definition) is 4. The van der Waals surface area contributed by atoms with Crippen LogP contribution in [0.2, 0.25) is 0 Å². The monoisotopic (exact) mass is 313 g/mol. The van der Waals surface area contributed by atoms with Crippen LogP contribution in [0.5, 0.6) is 0 Å². The molecule has 6 heteroatoms. The highest BCUT2D eigenvalue weighted by molar-refractivity contribution is 7.89. The first kappa shape index (κ1) is 16.4. The minimum absolute atomic E-state index is 0.211. The van der Waals surface area contributed by atoms with Crippen LogP contribution in [0.1, 0.15) is 24.8 Å². The molecule has 0 spiro atoms. The van der Waals surface area contributed by atoms with E-state index in [2.05, 4.69) is 4.72 Å². The summed E-state index contributed by atoms with van der Waals surface area (Å²) in [5, 5.41) is 10.1. The van der Waals surface area contributed by atoms with Crippen molar-refractivity contribution in [2.75, 3.05) is 19.8 Å². The number of rotatable bonds is 6. The predicted octanol–water partition coefficient (Wildman–Crippen LogP) is 1.45. The number of aryl methyl sites for hydroxylation is 1. The van der Waals surface area contributed by atoms with E-state index in [1.807, 2.05) is 6.92 Å². The van der Waals surface area contributed by atoms with E-state index in [0.717, 1.165) is 18.4 Å². The molecule has 1 aliphatic heterocycles. The summed E-state index contributed by atoms with van der Waals surface area (Å²) in [6.07, 6.45) is 1.63. The Bertz CT molecular complexity index is 535. The molecule has 1 unspecified atom stereocenters. The highest BCUT2D eigenvalue weighted by Crippen LogP contribution is 2.20. The molecular formula is C15H23NO4S. The van der Waals surface area contributed by atoms with Crippen LogP contribution >= 0.6 is 0 Å². The first-order valence-corrected chi connectivity index (χ1v) is 8.79. The van der Waals surface area contributed by atoms with Gasteiger partial charge in [0.05, 0.1) is 11.0 Å². The van der Waals surface area contributed by atoms with Crippen molar-refractivity contribution in [2.45, 2.75) is 37.2 Å². The van der Waals surface area contributed by atoms with Crippen LogP contribution in [0.25, 0.3) is 0 Å². The third-order valence-electron chi connectivity index (χ3n) is 3.87. The molecule has 0 bridgehead atoms. The van der Waals surface area contributed by atoms with Gasteiger partial charge >= 0.3 is 0 Å². The molecule has 1 atom stereocenters. The third kappa shape index (κ3) is 4.78. The van der Waals surface area contributed by atoms with E-state index in [1.54, 1.807) is 24.3 Å². The first-order valence-electron chi connectivity index (χ1n) is 7.31. The van der Waals surface area contributed by atoms with Gasteiger partial charge in [0.1, 0.15) is 0 Å². The summed E-state index contributed by atoms with van der Waals surface area (Å²) in [6.45, 7) is 3.51. The lowest BCUT2D eigenvalue weighted by Gasteiger charge is -2.26. The van der Waals surface area contributed by atoms with Crippen molar-refractivity contribution in [3.8, 4) is 0 Å². The largest absolute Gasteiger partial charge is 0.393 e. The van der Waals surface area contributed by atoms with Crippen molar-refractivity contribution in [2.24, 2.45) is 5.92 Å². The topological polar surface area (TPSA) is 75.6 Å². The standard InChI is InChI=1S/C15H23NO4S/c1-12-2-4-14(5-3-12)21(18,19)16-9-6-15(17)13-7-10-20-11-8-13/h2-5,13,15-17H,6-11H2,1H3. The number of benzene rings is 1. The van der Waals surface area contributed by atoms with Crippen LogP contribution in [-0.2, 0) is 14.8 Å². The third-order valence-corrected chi connectivity index (χ3v) is 5.35. The van der Waals surface area contributed by atoms with E-state index in [1.165, 1.54) is 0 Å². The van der Waals surface area contributed by atoms with E-state index in [-0.39, 0.29) is 17.4 Å². The fraction of sp³-hybridized carbons (Fsp3) is 0.600. The van der Waals surface area contributed by atoms with Crippen LogP contribution in [0.4, 0.5) is 0 Å². The number of nitrogens with one attached hydrogen (secondary N) is 1. The van der Waals surface area contributed by atoms with Gasteiger partial charge in [-0.1, -0.05) is 17.7 Å². The fourth-order valence-electron chi connectivity index (χ4n) is 2.48. The Labute approximate surface area is 126 Å². The quantitative estimate of drug-likeness (QED) is 0.833. The molecule has 0 saturated carbocycles. The van der Waals surface area contributed by atoms with E-state index < -0.39 is 16.1 Å². The van der Waals surface area contributed by atoms with Crippen LogP contribution < -0.4 is 4.72 Å². The molecule has 5 nitrogen and oxygen atoms in total. The smallest absolute Gasteiger partial charge is 0.240 e. The van der Waals surface area contributed by atoms with Gasteiger partial charge in [0.25, 0.3) is 0 Å². The molecule has 1 saturated heterocycles. The van der Waals surface area contributed by atoms with Crippen molar-refractivity contribution >= 4 is 10.0 Å². The number of sulfonamides is 1. The maximum Gasteiger partial charge on any atom is 0.240 e. The van der Waals surface area contributed by atoms with Crippen molar-refractivity contribution in [1.29, 1.82) is 0 Å². The zero-order valence-electron chi connectivity index (χ0n) is 12.3. The normalized spacial score (nSPS) is 18.6. The molecule has 1 fully saturated rings. The van der Waals surface area contributed by atoms with Crippen LogP contribution in [-0.4, -0.2) is 39.4 Å². The number of hydrogen-bond donors (Lipinski definition) is 2. The summed E-state index contributed by atoms with van der Waals surface area (Å²) in [7, 11) is -3.49. The van der Waals surface area contributed by atoms with Gasteiger partial charge in [0.2, 0.25) is 10.0 Å². The minimum atomic E-state index is -3.49. The van der Waals surface area contributed by atoms with Crippen LogP contribution in [0, 0.1) is 12.8 Å². The molecule has 1 aliphatic rings. The minimum Gasteiger partial charge on any atom is -0.393 e. The predicted molar refractivity (Wildman–Crippen MR) is 80.5 cm³/mol. The lowest BCUT2D eigenvalue weighted by atomic mass is 9.92. The van der Waals surface area contributed by atoms with Crippen molar-refractivity contribution in [3.63, 3.8) is 0 Å². The van der Waals surface area contributed by atoms with Gasteiger partial charge in [0, 0.05) is 19.8 Å². The molecule has 2 rings (SSSR count). The second-order valence-corrected chi connectivity index (χ2v) is 7.28. The summed E-state index contributed by atoms with van der Waals surface area (Å²) in [5.41, 5.74) is 1.02. The van der Waals surface area contributed by atoms with Gasteiger partial charge in [-0.15, -0.1) is 0 Å². The molecule has 0 aliphatic carbocycles. The van der Waals surface area contributed by atoms with E-state index in [4.69, 9.17) is 4.74 Å². The SMILES string of the molecule is Cc1ccc(S(=O)(=O)NCCC(O)C2CCOCC2)cc1. The number of ether oxygens (including phenoxy) is 1. The maximum atomic E-state index is 12.1. The highest BCUT2D eigenvalue weighted by Gasteiger charge is 2.22. The lowest BCUT2D eigenvalue weighted by molar-refractivity contribution is 0.00567. The molecule has 1 aromatic rings. The Kier molecular flexibility index (Phi) is 5.75. The first-order chi connectivity index (χ1) is 9.99. The molecule has 0 radical (unpaired) electrons. The summed E-state index contributed by atoms with van der Waals surface area (Å²) in [6, 6.07) is 6.72. The molecule has 0 aromatic heterocycles. The Morgan fingerprint density at radius 3 is 2.52 bits per heavy atom. The average molecular weight is 313 g/mol. The van der Waals surface area contributed by atoms with E-state index in [0.29, 0.717) is 19.6 Å². The van der Waals surface area contributed by atoms with Crippen molar-refractivity contribution in [1.82, 2.24) is 4.72 Å². The summed E-state index contributed by atoms with van der Waals surface area (Å²) in [5.74, 6) is 0.211. The zero-order chi connectivity index (χ0) is 15.3. The summed E-state index contributed by atoms with van der Waals surface area (Å²) < 4.78 is 32.0. The van der Waals surface area contributed by atoms with Gasteiger partial charge in [-0.05, 0) is 44.2 Å². The number of aliphatic hydroxyl groups is 1. The Hall–Kier alpha value is -0.950. The summed E-state index contributed by atoms with van der Waals surface area (Å²) in [4.78, 5) is 0.258. The molecule has 1 heterocycles. The molecular weight excluding hydrogens is 290 g/mol. The zero-order valence-corrected chi connectivity index (χ0v) is 13.1. The Morgan fingerprint density at radius 1 is 1.29 bits per heavy atom. The van der Waals surface area contributed by atoms with Crippen molar-refractivity contribution < 1.29 is 18.3 Å². The van der Waals surface area contributed by atoms with Crippen LogP contribution in [0.15, 0.2) is 29.2 Å². The lowest BCUT2D eigenvalue weighted by Crippen LogP contribution is -2.32. The average Bonchev–Trinajstić information content (AvgIpc) is 2.48. The second kappa shape index (κ2) is 7.35. The molecule has 2 N–H and O–H groups in total. The second-order valence-electron chi connectivity index (χ2n) is 5.52. The Morgan fingerprint density at radius 2 is 1.90 bits per heavy atom. The summed E-state index contributed by atoms with van der Waals surface area (Å²) >= 11 is 0. The molecule has 118 valence electrons. The van der Waals surface area contributed by atoms with E-state index >= 15 is 0 Å². The Balaban J connectivity index is 1.83. The molecule has 21 heavy (non-hydrogen) atoms.